The van der Waals surface area contributed by atoms with E-state index in [1.165, 1.54) is 0 Å². The molecular weight excluding hydrogens is 276 g/mol. The maximum Gasteiger partial charge on any atom is 0.153 e. The quantitative estimate of drug-likeness (QED) is 0.845. The van der Waals surface area contributed by atoms with Gasteiger partial charge in [0, 0.05) is 11.5 Å². The van der Waals surface area contributed by atoms with Gasteiger partial charge in [-0.25, -0.2) is 13.4 Å². The molecule has 1 aromatic heterocycles. The Morgan fingerprint density at radius 2 is 2.05 bits per heavy atom. The van der Waals surface area contributed by atoms with E-state index in [9.17, 15) is 13.5 Å². The number of hydrogen-bond acceptors (Lipinski definition) is 4. The Morgan fingerprint density at radius 1 is 1.25 bits per heavy atom. The summed E-state index contributed by atoms with van der Waals surface area (Å²) in [6.07, 6.45) is 2.69. The second kappa shape index (κ2) is 3.93. The first-order valence-electron chi connectivity index (χ1n) is 6.56. The third-order valence-electron chi connectivity index (χ3n) is 4.29. The van der Waals surface area contributed by atoms with E-state index in [0.717, 1.165) is 16.8 Å². The number of benzene rings is 1. The van der Waals surface area contributed by atoms with Crippen LogP contribution in [0.2, 0.25) is 0 Å². The van der Waals surface area contributed by atoms with Crippen molar-refractivity contribution >= 4 is 9.84 Å². The number of nitrogens with zero attached hydrogens (tertiary/aromatic N) is 2. The summed E-state index contributed by atoms with van der Waals surface area (Å²) in [7, 11) is -3.15. The Balaban J connectivity index is 1.87. The molecule has 2 aliphatic heterocycles. The largest absolute Gasteiger partial charge is 0.392 e. The molecule has 2 aliphatic rings. The summed E-state index contributed by atoms with van der Waals surface area (Å²) in [4.78, 5) is 4.16. The summed E-state index contributed by atoms with van der Waals surface area (Å²) in [6.45, 7) is 0. The van der Waals surface area contributed by atoms with Gasteiger partial charge in [-0.1, -0.05) is 24.3 Å². The zero-order valence-corrected chi connectivity index (χ0v) is 11.5. The molecule has 6 heteroatoms. The lowest BCUT2D eigenvalue weighted by molar-refractivity contribution is 0.128. The molecule has 1 aromatic carbocycles. The molecule has 1 N–H and O–H groups in total. The van der Waals surface area contributed by atoms with Gasteiger partial charge in [-0.3, -0.25) is 0 Å². The van der Waals surface area contributed by atoms with Crippen LogP contribution < -0.4 is 0 Å². The molecule has 4 rings (SSSR count). The first kappa shape index (κ1) is 12.1. The molecule has 1 fully saturated rings. The van der Waals surface area contributed by atoms with E-state index in [0.29, 0.717) is 0 Å². The van der Waals surface area contributed by atoms with Gasteiger partial charge in [0.15, 0.2) is 9.84 Å². The van der Waals surface area contributed by atoms with Gasteiger partial charge in [-0.05, 0) is 5.56 Å². The second-order valence-electron chi connectivity index (χ2n) is 5.53. The summed E-state index contributed by atoms with van der Waals surface area (Å²) in [6, 6.07) is 7.78. The zero-order chi connectivity index (χ0) is 13.9. The van der Waals surface area contributed by atoms with Crippen molar-refractivity contribution in [3.8, 4) is 11.3 Å². The summed E-state index contributed by atoms with van der Waals surface area (Å²) in [5.74, 6) is -0.415. The van der Waals surface area contributed by atoms with Gasteiger partial charge in [0.25, 0.3) is 0 Å². The second-order valence-corrected chi connectivity index (χ2v) is 7.68. The van der Waals surface area contributed by atoms with Crippen LogP contribution in [-0.2, 0) is 9.84 Å². The molecule has 5 nitrogen and oxygen atoms in total. The summed E-state index contributed by atoms with van der Waals surface area (Å²) < 4.78 is 25.6. The molecule has 0 bridgehead atoms. The molecule has 1 saturated heterocycles. The van der Waals surface area contributed by atoms with Gasteiger partial charge in [-0.2, -0.15) is 0 Å². The minimum absolute atomic E-state index is 0.0325. The van der Waals surface area contributed by atoms with Crippen molar-refractivity contribution in [3.63, 3.8) is 0 Å². The van der Waals surface area contributed by atoms with Crippen LogP contribution in [0.1, 0.15) is 11.6 Å². The van der Waals surface area contributed by atoms with Crippen LogP contribution in [0.5, 0.6) is 0 Å². The fourth-order valence-corrected chi connectivity index (χ4v) is 5.36. The highest BCUT2D eigenvalue weighted by atomic mass is 32.2. The molecule has 3 heterocycles. The zero-order valence-electron chi connectivity index (χ0n) is 10.7. The van der Waals surface area contributed by atoms with E-state index >= 15 is 0 Å². The number of aliphatic hydroxyl groups is 1. The Morgan fingerprint density at radius 3 is 2.80 bits per heavy atom. The van der Waals surface area contributed by atoms with Gasteiger partial charge in [0.2, 0.25) is 0 Å². The van der Waals surface area contributed by atoms with Crippen molar-refractivity contribution in [1.82, 2.24) is 9.55 Å². The average Bonchev–Trinajstić information content (AvgIpc) is 3.02. The normalized spacial score (nSPS) is 30.1. The molecular formula is C14H14N2O3S. The average molecular weight is 290 g/mol. The summed E-state index contributed by atoms with van der Waals surface area (Å²) in [5.41, 5.74) is 3.14. The highest BCUT2D eigenvalue weighted by Gasteiger charge is 2.45. The first-order chi connectivity index (χ1) is 9.57. The Kier molecular flexibility index (Phi) is 2.38. The Hall–Kier alpha value is -1.66. The number of aliphatic hydroxyl groups excluding tert-OH is 1. The summed E-state index contributed by atoms with van der Waals surface area (Å²) in [5, 5.41) is 10.2. The number of hydrogen-bond donors (Lipinski definition) is 1. The van der Waals surface area contributed by atoms with Crippen molar-refractivity contribution in [1.29, 1.82) is 0 Å². The van der Waals surface area contributed by atoms with Crippen LogP contribution in [0, 0.1) is 5.92 Å². The van der Waals surface area contributed by atoms with Crippen LogP contribution >= 0.6 is 0 Å². The molecule has 0 radical (unpaired) electrons. The van der Waals surface area contributed by atoms with Gasteiger partial charge in [-0.15, -0.1) is 0 Å². The van der Waals surface area contributed by atoms with Crippen molar-refractivity contribution in [2.75, 3.05) is 11.5 Å². The van der Waals surface area contributed by atoms with Crippen molar-refractivity contribution < 1.29 is 13.5 Å². The van der Waals surface area contributed by atoms with Crippen molar-refractivity contribution in [2.24, 2.45) is 5.92 Å². The minimum Gasteiger partial charge on any atom is -0.392 e. The topological polar surface area (TPSA) is 72.2 Å². The van der Waals surface area contributed by atoms with Crippen LogP contribution in [0.4, 0.5) is 0 Å². The van der Waals surface area contributed by atoms with Gasteiger partial charge in [0.05, 0.1) is 41.9 Å². The van der Waals surface area contributed by atoms with Gasteiger partial charge in [0.1, 0.15) is 0 Å². The van der Waals surface area contributed by atoms with Crippen LogP contribution in [0.3, 0.4) is 0 Å². The van der Waals surface area contributed by atoms with E-state index in [1.54, 1.807) is 12.5 Å². The van der Waals surface area contributed by atoms with Crippen molar-refractivity contribution in [3.05, 3.63) is 42.4 Å². The van der Waals surface area contributed by atoms with E-state index < -0.39 is 15.9 Å². The Labute approximate surface area is 116 Å². The van der Waals surface area contributed by atoms with E-state index in [4.69, 9.17) is 0 Å². The molecule has 0 aliphatic carbocycles. The number of sulfone groups is 1. The monoisotopic (exact) mass is 290 g/mol. The Bertz CT molecular complexity index is 781. The van der Waals surface area contributed by atoms with Crippen LogP contribution in [0.25, 0.3) is 11.3 Å². The third kappa shape index (κ3) is 1.58. The third-order valence-corrected chi connectivity index (χ3v) is 6.03. The minimum atomic E-state index is -3.15. The lowest BCUT2D eigenvalue weighted by Gasteiger charge is -2.23. The standard InChI is InChI=1S/C14H14N2O3S/c17-13-7-20(18,19)6-11(13)14-10-4-2-1-3-9(10)12-5-15-8-16(12)14/h1-5,8,11,13-14,17H,6-7H2/t11-,13-,14-/m1/s1. The number of imidazole rings is 1. The molecule has 0 amide bonds. The number of aromatic nitrogens is 2. The highest BCUT2D eigenvalue weighted by molar-refractivity contribution is 7.91. The fraction of sp³-hybridized carbons (Fsp3) is 0.357. The van der Waals surface area contributed by atoms with E-state index in [2.05, 4.69) is 4.98 Å². The molecule has 0 saturated carbocycles. The molecule has 3 atom stereocenters. The lowest BCUT2D eigenvalue weighted by Crippen LogP contribution is -2.27. The molecule has 2 aromatic rings. The van der Waals surface area contributed by atoms with E-state index in [1.807, 2.05) is 28.8 Å². The highest BCUT2D eigenvalue weighted by Crippen LogP contribution is 2.45. The predicted octanol–water partition coefficient (Wildman–Crippen LogP) is 0.858. The summed E-state index contributed by atoms with van der Waals surface area (Å²) >= 11 is 0. The molecule has 0 unspecified atom stereocenters. The van der Waals surface area contributed by atoms with Crippen molar-refractivity contribution in [2.45, 2.75) is 12.1 Å². The molecule has 0 spiro atoms. The first-order valence-corrected chi connectivity index (χ1v) is 8.38. The maximum atomic E-state index is 11.8. The van der Waals surface area contributed by atoms with Crippen LogP contribution in [0.15, 0.2) is 36.8 Å². The SMILES string of the molecule is O=S1(=O)C[C@@H]([C@H]2c3ccccc3-c3cncn32)[C@H](O)C1. The fourth-order valence-electron chi connectivity index (χ4n) is 3.47. The lowest BCUT2D eigenvalue weighted by atomic mass is 9.90. The number of fused-ring (bicyclic) bond motifs is 3. The van der Waals surface area contributed by atoms with Crippen LogP contribution in [-0.4, -0.2) is 40.7 Å². The number of rotatable bonds is 1. The maximum absolute atomic E-state index is 11.8. The van der Waals surface area contributed by atoms with Gasteiger partial charge < -0.3 is 9.67 Å². The van der Waals surface area contributed by atoms with E-state index in [-0.39, 0.29) is 23.5 Å². The van der Waals surface area contributed by atoms with Gasteiger partial charge >= 0.3 is 0 Å². The molecule has 104 valence electrons. The molecule has 20 heavy (non-hydrogen) atoms. The smallest absolute Gasteiger partial charge is 0.153 e. The predicted molar refractivity (Wildman–Crippen MR) is 74.0 cm³/mol.